The number of aryl methyl sites for hydroxylation is 2. The molecule has 0 aliphatic rings. The van der Waals surface area contributed by atoms with Crippen LogP contribution in [0, 0.1) is 6.92 Å². The molecule has 1 atom stereocenters. The van der Waals surface area contributed by atoms with Crippen LogP contribution in [0.2, 0.25) is 0 Å². The molecule has 1 unspecified atom stereocenters. The molecular weight excluding hydrogens is 272 g/mol. The quantitative estimate of drug-likeness (QED) is 0.692. The van der Waals surface area contributed by atoms with Crippen molar-refractivity contribution in [3.05, 3.63) is 47.4 Å². The average Bonchev–Trinajstić information content (AvgIpc) is 2.91. The lowest BCUT2D eigenvalue weighted by Crippen LogP contribution is -2.09. The maximum Gasteiger partial charge on any atom is 0.159 e. The predicted molar refractivity (Wildman–Crippen MR) is 81.0 cm³/mol. The summed E-state index contributed by atoms with van der Waals surface area (Å²) in [5.41, 5.74) is 4.12. The lowest BCUT2D eigenvalue weighted by atomic mass is 10.2. The molecule has 0 amide bonds. The third kappa shape index (κ3) is 2.10. The van der Waals surface area contributed by atoms with E-state index in [-0.39, 0.29) is 5.38 Å². The van der Waals surface area contributed by atoms with E-state index in [0.29, 0.717) is 0 Å². The van der Waals surface area contributed by atoms with Crippen molar-refractivity contribution >= 4 is 22.8 Å². The number of hydrogen-bond donors (Lipinski definition) is 0. The van der Waals surface area contributed by atoms with Crippen molar-refractivity contribution < 1.29 is 0 Å². The molecule has 0 spiro atoms. The summed E-state index contributed by atoms with van der Waals surface area (Å²) in [4.78, 5) is 4.68. The van der Waals surface area contributed by atoms with E-state index in [2.05, 4.69) is 26.8 Å². The fourth-order valence-corrected chi connectivity index (χ4v) is 2.74. The number of halogens is 1. The average molecular weight is 289 g/mol. The smallest absolute Gasteiger partial charge is 0.159 e. The molecule has 3 aromatic rings. The molecule has 0 bridgehead atoms. The zero-order valence-corrected chi connectivity index (χ0v) is 12.6. The Hall–Kier alpha value is -1.81. The van der Waals surface area contributed by atoms with Crippen molar-refractivity contribution in [2.24, 2.45) is 7.05 Å². The lowest BCUT2D eigenvalue weighted by Gasteiger charge is -2.11. The Morgan fingerprint density at radius 1 is 1.25 bits per heavy atom. The van der Waals surface area contributed by atoms with Gasteiger partial charge in [-0.05, 0) is 19.4 Å². The highest BCUT2D eigenvalue weighted by Crippen LogP contribution is 2.26. The highest BCUT2D eigenvalue weighted by Gasteiger charge is 2.20. The number of rotatable bonds is 3. The zero-order valence-electron chi connectivity index (χ0n) is 11.8. The number of fused-ring (bicyclic) bond motifs is 1. The molecular formula is C15H17ClN4. The first-order valence-corrected chi connectivity index (χ1v) is 7.09. The van der Waals surface area contributed by atoms with Crippen molar-refractivity contribution in [1.29, 1.82) is 0 Å². The Kier molecular flexibility index (Phi) is 3.26. The minimum absolute atomic E-state index is 0.134. The predicted octanol–water partition coefficient (Wildman–Crippen LogP) is 3.43. The van der Waals surface area contributed by atoms with Crippen LogP contribution in [0.3, 0.4) is 0 Å². The van der Waals surface area contributed by atoms with Gasteiger partial charge in [-0.15, -0.1) is 11.6 Å². The Morgan fingerprint density at radius 3 is 2.60 bits per heavy atom. The standard InChI is InChI=1S/C15H17ClN4/c1-10(16)14-17-13-11(2)18-19(3)15(13)20(14)9-12-7-5-4-6-8-12/h4-8,10H,9H2,1-3H3. The molecule has 1 aromatic carbocycles. The van der Waals surface area contributed by atoms with Gasteiger partial charge in [0.15, 0.2) is 5.65 Å². The molecule has 2 heterocycles. The van der Waals surface area contributed by atoms with Crippen LogP contribution in [-0.4, -0.2) is 19.3 Å². The second-order valence-corrected chi connectivity index (χ2v) is 5.69. The summed E-state index contributed by atoms with van der Waals surface area (Å²) in [7, 11) is 1.95. The molecule has 0 saturated carbocycles. The molecule has 0 saturated heterocycles. The van der Waals surface area contributed by atoms with Crippen molar-refractivity contribution in [3.8, 4) is 0 Å². The van der Waals surface area contributed by atoms with E-state index in [0.717, 1.165) is 29.2 Å². The fraction of sp³-hybridized carbons (Fsp3) is 0.333. The van der Waals surface area contributed by atoms with Gasteiger partial charge in [-0.25, -0.2) is 4.98 Å². The van der Waals surface area contributed by atoms with Gasteiger partial charge in [0.1, 0.15) is 11.3 Å². The molecule has 0 aliphatic heterocycles. The second-order valence-electron chi connectivity index (χ2n) is 5.04. The normalized spacial score (nSPS) is 13.0. The summed E-state index contributed by atoms with van der Waals surface area (Å²) in [5, 5.41) is 4.31. The third-order valence-corrected chi connectivity index (χ3v) is 3.65. The molecule has 5 heteroatoms. The van der Waals surface area contributed by atoms with Crippen molar-refractivity contribution in [3.63, 3.8) is 0 Å². The fourth-order valence-electron chi connectivity index (χ4n) is 2.58. The largest absolute Gasteiger partial charge is 0.307 e. The van der Waals surface area contributed by atoms with E-state index in [9.17, 15) is 0 Å². The van der Waals surface area contributed by atoms with E-state index in [1.165, 1.54) is 5.56 Å². The minimum atomic E-state index is -0.134. The molecule has 20 heavy (non-hydrogen) atoms. The SMILES string of the molecule is Cc1nn(C)c2c1nc(C(C)Cl)n2Cc1ccccc1. The molecule has 0 aliphatic carbocycles. The van der Waals surface area contributed by atoms with Gasteiger partial charge in [-0.3, -0.25) is 4.68 Å². The third-order valence-electron chi connectivity index (χ3n) is 3.46. The van der Waals surface area contributed by atoms with Gasteiger partial charge >= 0.3 is 0 Å². The van der Waals surface area contributed by atoms with Crippen LogP contribution in [0.5, 0.6) is 0 Å². The van der Waals surface area contributed by atoms with Gasteiger partial charge in [0, 0.05) is 7.05 Å². The summed E-state index contributed by atoms with van der Waals surface area (Å²) >= 11 is 6.29. The Bertz CT molecular complexity index is 740. The molecule has 2 aromatic heterocycles. The molecule has 0 fully saturated rings. The van der Waals surface area contributed by atoms with Gasteiger partial charge in [0.25, 0.3) is 0 Å². The summed E-state index contributed by atoms with van der Waals surface area (Å²) in [5.74, 6) is 0.890. The maximum absolute atomic E-state index is 6.29. The second kappa shape index (κ2) is 4.94. The molecule has 4 nitrogen and oxygen atoms in total. The first-order chi connectivity index (χ1) is 9.58. The number of aromatic nitrogens is 4. The van der Waals surface area contributed by atoms with Gasteiger partial charge in [0.2, 0.25) is 0 Å². The number of imidazole rings is 1. The number of benzene rings is 1. The first-order valence-electron chi connectivity index (χ1n) is 6.65. The van der Waals surface area contributed by atoms with Crippen LogP contribution in [-0.2, 0) is 13.6 Å². The Balaban J connectivity index is 2.18. The topological polar surface area (TPSA) is 35.6 Å². The number of nitrogens with zero attached hydrogens (tertiary/aromatic N) is 4. The van der Waals surface area contributed by atoms with Crippen molar-refractivity contribution in [2.45, 2.75) is 25.8 Å². The van der Waals surface area contributed by atoms with Crippen LogP contribution >= 0.6 is 11.6 Å². The van der Waals surface area contributed by atoms with Crippen LogP contribution in [0.15, 0.2) is 30.3 Å². The lowest BCUT2D eigenvalue weighted by molar-refractivity contribution is 0.686. The zero-order chi connectivity index (χ0) is 14.3. The molecule has 104 valence electrons. The van der Waals surface area contributed by atoms with Gasteiger partial charge in [-0.2, -0.15) is 5.10 Å². The summed E-state index contributed by atoms with van der Waals surface area (Å²) in [6.07, 6.45) is 0. The first kappa shape index (κ1) is 13.2. The molecule has 0 N–H and O–H groups in total. The van der Waals surface area contributed by atoms with Gasteiger partial charge in [-0.1, -0.05) is 30.3 Å². The number of hydrogen-bond acceptors (Lipinski definition) is 2. The van der Waals surface area contributed by atoms with E-state index < -0.39 is 0 Å². The summed E-state index contributed by atoms with van der Waals surface area (Å²) in [6.45, 7) is 4.68. The maximum atomic E-state index is 6.29. The Labute approximate surface area is 123 Å². The van der Waals surface area contributed by atoms with Crippen LogP contribution in [0.1, 0.15) is 29.4 Å². The highest BCUT2D eigenvalue weighted by molar-refractivity contribution is 6.20. The van der Waals surface area contributed by atoms with E-state index in [4.69, 9.17) is 11.6 Å². The van der Waals surface area contributed by atoms with E-state index in [1.54, 1.807) is 0 Å². The monoisotopic (exact) mass is 288 g/mol. The van der Waals surface area contributed by atoms with E-state index >= 15 is 0 Å². The molecule has 3 rings (SSSR count). The van der Waals surface area contributed by atoms with Crippen LogP contribution in [0.25, 0.3) is 11.2 Å². The highest BCUT2D eigenvalue weighted by atomic mass is 35.5. The molecule has 0 radical (unpaired) electrons. The van der Waals surface area contributed by atoms with Crippen LogP contribution in [0.4, 0.5) is 0 Å². The van der Waals surface area contributed by atoms with Gasteiger partial charge < -0.3 is 4.57 Å². The number of alkyl halides is 1. The summed E-state index contributed by atoms with van der Waals surface area (Å²) < 4.78 is 4.03. The van der Waals surface area contributed by atoms with E-state index in [1.807, 2.05) is 43.8 Å². The Morgan fingerprint density at radius 2 is 1.95 bits per heavy atom. The minimum Gasteiger partial charge on any atom is -0.307 e. The van der Waals surface area contributed by atoms with Crippen molar-refractivity contribution in [2.75, 3.05) is 0 Å². The van der Waals surface area contributed by atoms with Crippen LogP contribution < -0.4 is 0 Å². The van der Waals surface area contributed by atoms with Crippen molar-refractivity contribution in [1.82, 2.24) is 19.3 Å². The van der Waals surface area contributed by atoms with Gasteiger partial charge in [0.05, 0.1) is 17.6 Å². The summed E-state index contributed by atoms with van der Waals surface area (Å²) in [6, 6.07) is 10.3.